The summed E-state index contributed by atoms with van der Waals surface area (Å²) in [5, 5.41) is 8.96. The van der Waals surface area contributed by atoms with Crippen molar-refractivity contribution in [2.45, 2.75) is 57.9 Å². The maximum Gasteiger partial charge on any atom is 0.321 e. The van der Waals surface area contributed by atoms with Gasteiger partial charge in [-0.2, -0.15) is 8.42 Å². The summed E-state index contributed by atoms with van der Waals surface area (Å²) in [6.45, 7) is 2.14. The van der Waals surface area contributed by atoms with Crippen molar-refractivity contribution in [2.75, 3.05) is 19.8 Å². The third kappa shape index (κ3) is 13.8. The van der Waals surface area contributed by atoms with E-state index in [1.165, 1.54) is 19.3 Å². The number of nitrogens with zero attached hydrogens (tertiary/aromatic N) is 1. The first-order valence-corrected chi connectivity index (χ1v) is 10.7. The van der Waals surface area contributed by atoms with Crippen molar-refractivity contribution in [3.8, 4) is 0 Å². The zero-order chi connectivity index (χ0) is 20.0. The molecule has 0 amide bonds. The molecule has 1 unspecified atom stereocenters. The normalized spacial score (nSPS) is 12.3. The molecule has 150 valence electrons. The van der Waals surface area contributed by atoms with Gasteiger partial charge in [0.2, 0.25) is 0 Å². The van der Waals surface area contributed by atoms with Gasteiger partial charge in [-0.05, 0) is 32.5 Å². The number of carbonyl (C=O) groups is 1. The Bertz CT molecular complexity index is 587. The summed E-state index contributed by atoms with van der Waals surface area (Å²) in [4.78, 5) is 12.6. The van der Waals surface area contributed by atoms with E-state index in [1.807, 2.05) is 30.3 Å². The average molecular weight is 388 g/mol. The lowest BCUT2D eigenvalue weighted by atomic mass is 10.1. The average Bonchev–Trinajstić information content (AvgIpc) is 2.56. The van der Waals surface area contributed by atoms with Crippen LogP contribution in [-0.2, 0) is 21.3 Å². The molecule has 0 spiro atoms. The molecule has 0 saturated carbocycles. The van der Waals surface area contributed by atoms with Gasteiger partial charge in [-0.15, -0.1) is 0 Å². The van der Waals surface area contributed by atoms with E-state index in [1.54, 1.807) is 19.0 Å². The zero-order valence-corrected chi connectivity index (χ0v) is 16.9. The monoisotopic (exact) mass is 387 g/mol. The number of carboxylic acid groups (broad SMARTS) is 1. The molecule has 26 heavy (non-hydrogen) atoms. The molecule has 0 fully saturated rings. The molecule has 0 heterocycles. The van der Waals surface area contributed by atoms with Crippen LogP contribution in [0.25, 0.3) is 0 Å². The molecule has 0 aromatic heterocycles. The fourth-order valence-corrected chi connectivity index (χ4v) is 2.96. The lowest BCUT2D eigenvalue weighted by Crippen LogP contribution is -2.37. The molecule has 1 aromatic carbocycles. The largest absolute Gasteiger partial charge is 0.480 e. The number of hydrogen-bond acceptors (Lipinski definition) is 4. The van der Waals surface area contributed by atoms with Gasteiger partial charge in [0.25, 0.3) is 10.1 Å². The highest BCUT2D eigenvalue weighted by Gasteiger charge is 2.19. The van der Waals surface area contributed by atoms with E-state index in [-0.39, 0.29) is 5.75 Å². The van der Waals surface area contributed by atoms with Gasteiger partial charge in [-0.1, -0.05) is 69.4 Å². The van der Waals surface area contributed by atoms with Gasteiger partial charge in [-0.3, -0.25) is 14.2 Å². The summed E-state index contributed by atoms with van der Waals surface area (Å²) in [5.41, 5.74) is 1.05. The number of benzene rings is 1. The van der Waals surface area contributed by atoms with Crippen molar-refractivity contribution < 1.29 is 22.9 Å². The van der Waals surface area contributed by atoms with E-state index in [0.29, 0.717) is 12.8 Å². The van der Waals surface area contributed by atoms with Crippen LogP contribution in [0.4, 0.5) is 0 Å². The highest BCUT2D eigenvalue weighted by molar-refractivity contribution is 7.85. The predicted molar refractivity (Wildman–Crippen MR) is 105 cm³/mol. The van der Waals surface area contributed by atoms with E-state index in [2.05, 4.69) is 6.92 Å². The molecule has 0 bridgehead atoms. The maximum absolute atomic E-state index is 10.9. The smallest absolute Gasteiger partial charge is 0.321 e. The number of carboxylic acids is 1. The molecule has 2 N–H and O–H groups in total. The third-order valence-electron chi connectivity index (χ3n) is 3.94. The Morgan fingerprint density at radius 1 is 1.04 bits per heavy atom. The molecular formula is C19H33NO5S. The Kier molecular flexibility index (Phi) is 13.0. The summed E-state index contributed by atoms with van der Waals surface area (Å²) in [5.74, 6) is -0.863. The molecule has 7 heteroatoms. The van der Waals surface area contributed by atoms with Crippen LogP contribution in [0.1, 0.15) is 51.0 Å². The molecule has 0 saturated heterocycles. The van der Waals surface area contributed by atoms with Gasteiger partial charge in [-0.25, -0.2) is 0 Å². The Morgan fingerprint density at radius 2 is 1.58 bits per heavy atom. The van der Waals surface area contributed by atoms with Crippen LogP contribution in [0.3, 0.4) is 0 Å². The summed E-state index contributed by atoms with van der Waals surface area (Å²) in [6, 6.07) is 9.21. The Hall–Kier alpha value is -1.44. The standard InChI is InChI=1S/C11H15NO2.C8H18O3S/c1-12(2)10(11(13)14)8-9-6-4-3-5-7-9;1-2-3-4-5-6-7-8-12(9,10)11/h3-7,10H,8H2,1-2H3,(H,13,14);2-8H2,1H3,(H,9,10,11). The number of aliphatic carboxylic acids is 1. The molecule has 0 radical (unpaired) electrons. The number of hydrogen-bond donors (Lipinski definition) is 2. The van der Waals surface area contributed by atoms with Gasteiger partial charge in [0.15, 0.2) is 0 Å². The van der Waals surface area contributed by atoms with Crippen molar-refractivity contribution in [3.63, 3.8) is 0 Å². The van der Waals surface area contributed by atoms with Crippen molar-refractivity contribution >= 4 is 16.1 Å². The number of likely N-dealkylation sites (N-methyl/N-ethyl adjacent to an activating group) is 1. The van der Waals surface area contributed by atoms with Crippen molar-refractivity contribution in [3.05, 3.63) is 35.9 Å². The van der Waals surface area contributed by atoms with Crippen LogP contribution in [0.5, 0.6) is 0 Å². The highest BCUT2D eigenvalue weighted by atomic mass is 32.2. The molecule has 0 aliphatic heterocycles. The molecule has 0 aliphatic rings. The number of unbranched alkanes of at least 4 members (excludes halogenated alkanes) is 5. The minimum Gasteiger partial charge on any atom is -0.480 e. The maximum atomic E-state index is 10.9. The highest BCUT2D eigenvalue weighted by Crippen LogP contribution is 2.07. The Morgan fingerprint density at radius 3 is 2.04 bits per heavy atom. The lowest BCUT2D eigenvalue weighted by molar-refractivity contribution is -0.142. The van der Waals surface area contributed by atoms with E-state index in [0.717, 1.165) is 18.4 Å². The second-order valence-electron chi connectivity index (χ2n) is 6.56. The minimum atomic E-state index is -3.72. The third-order valence-corrected chi connectivity index (χ3v) is 4.74. The summed E-state index contributed by atoms with van der Waals surface area (Å²) < 4.78 is 28.9. The van der Waals surface area contributed by atoms with Gasteiger partial charge in [0, 0.05) is 0 Å². The van der Waals surface area contributed by atoms with Crippen LogP contribution in [0.2, 0.25) is 0 Å². The first-order chi connectivity index (χ1) is 12.2. The van der Waals surface area contributed by atoms with Crippen LogP contribution in [-0.4, -0.2) is 54.8 Å². The Labute approximate surface area is 158 Å². The summed E-state index contributed by atoms with van der Waals surface area (Å²) >= 11 is 0. The van der Waals surface area contributed by atoms with Gasteiger partial charge in [0.1, 0.15) is 6.04 Å². The quantitative estimate of drug-likeness (QED) is 0.446. The molecule has 0 aliphatic carbocycles. The minimum absolute atomic E-state index is 0.0842. The van der Waals surface area contributed by atoms with Crippen molar-refractivity contribution in [1.82, 2.24) is 4.90 Å². The number of rotatable bonds is 11. The molecule has 1 atom stereocenters. The SMILES string of the molecule is CCCCCCCCS(=O)(=O)O.CN(C)C(Cc1ccccc1)C(=O)O. The van der Waals surface area contributed by atoms with E-state index < -0.39 is 22.1 Å². The van der Waals surface area contributed by atoms with Crippen molar-refractivity contribution in [2.24, 2.45) is 0 Å². The molecule has 1 rings (SSSR count). The zero-order valence-electron chi connectivity index (χ0n) is 16.1. The fraction of sp³-hybridized carbons (Fsp3) is 0.632. The van der Waals surface area contributed by atoms with Gasteiger partial charge in [0.05, 0.1) is 5.75 Å². The van der Waals surface area contributed by atoms with E-state index >= 15 is 0 Å². The van der Waals surface area contributed by atoms with Crippen LogP contribution >= 0.6 is 0 Å². The fourth-order valence-electron chi connectivity index (χ4n) is 2.39. The second kappa shape index (κ2) is 13.7. The Balaban J connectivity index is 0.000000488. The van der Waals surface area contributed by atoms with Gasteiger partial charge >= 0.3 is 5.97 Å². The lowest BCUT2D eigenvalue weighted by Gasteiger charge is -2.19. The summed E-state index contributed by atoms with van der Waals surface area (Å²) in [6.07, 6.45) is 6.68. The van der Waals surface area contributed by atoms with Crippen LogP contribution in [0, 0.1) is 0 Å². The van der Waals surface area contributed by atoms with Crippen molar-refractivity contribution in [1.29, 1.82) is 0 Å². The predicted octanol–water partition coefficient (Wildman–Crippen LogP) is 3.48. The second-order valence-corrected chi connectivity index (χ2v) is 8.13. The van der Waals surface area contributed by atoms with E-state index in [9.17, 15) is 13.2 Å². The topological polar surface area (TPSA) is 94.9 Å². The first kappa shape index (κ1) is 24.6. The summed E-state index contributed by atoms with van der Waals surface area (Å²) in [7, 11) is -0.158. The van der Waals surface area contributed by atoms with Crippen LogP contribution in [0.15, 0.2) is 30.3 Å². The molecule has 6 nitrogen and oxygen atoms in total. The molecular weight excluding hydrogens is 354 g/mol. The van der Waals surface area contributed by atoms with Gasteiger partial charge < -0.3 is 5.11 Å². The first-order valence-electron chi connectivity index (χ1n) is 9.05. The molecule has 1 aromatic rings. The van der Waals surface area contributed by atoms with Crippen LogP contribution < -0.4 is 0 Å². The van der Waals surface area contributed by atoms with E-state index in [4.69, 9.17) is 9.66 Å².